The van der Waals surface area contributed by atoms with Crippen LogP contribution in [0.5, 0.6) is 0 Å². The summed E-state index contributed by atoms with van der Waals surface area (Å²) in [6.07, 6.45) is 3.43. The fraction of sp³-hybridized carbons (Fsp3) is 0.417. The molecule has 1 N–H and O–H groups in total. The Kier molecular flexibility index (Phi) is 3.55. The standard InChI is InChI=1S/C12H14N4O3/c1-12(2,6-10(17)18)5-9-15-11(16-19-9)8-3-4-13-7-14-8/h3-4,7H,5-6H2,1-2H3,(H,17,18). The van der Waals surface area contributed by atoms with Crippen molar-refractivity contribution in [3.63, 3.8) is 0 Å². The van der Waals surface area contributed by atoms with Crippen LogP contribution in [0.25, 0.3) is 11.5 Å². The van der Waals surface area contributed by atoms with E-state index in [0.717, 1.165) is 0 Å². The number of carboxylic acid groups (broad SMARTS) is 1. The molecule has 2 aromatic heterocycles. The molecular weight excluding hydrogens is 248 g/mol. The number of carbonyl (C=O) groups is 1. The smallest absolute Gasteiger partial charge is 0.303 e. The van der Waals surface area contributed by atoms with E-state index in [1.54, 1.807) is 12.3 Å². The zero-order valence-corrected chi connectivity index (χ0v) is 10.7. The van der Waals surface area contributed by atoms with E-state index in [9.17, 15) is 4.79 Å². The Hall–Kier alpha value is -2.31. The molecule has 7 nitrogen and oxygen atoms in total. The second-order valence-corrected chi connectivity index (χ2v) is 5.02. The minimum absolute atomic E-state index is 0.0399. The van der Waals surface area contributed by atoms with E-state index < -0.39 is 11.4 Å². The van der Waals surface area contributed by atoms with Crippen LogP contribution in [-0.4, -0.2) is 31.2 Å². The molecule has 0 aliphatic carbocycles. The maximum absolute atomic E-state index is 10.7. The van der Waals surface area contributed by atoms with Crippen molar-refractivity contribution in [1.82, 2.24) is 20.1 Å². The van der Waals surface area contributed by atoms with Crippen LogP contribution in [0.3, 0.4) is 0 Å². The maximum Gasteiger partial charge on any atom is 0.303 e. The number of aromatic nitrogens is 4. The zero-order chi connectivity index (χ0) is 13.9. The Labute approximate surface area is 109 Å². The number of aliphatic carboxylic acids is 1. The highest BCUT2D eigenvalue weighted by atomic mass is 16.5. The summed E-state index contributed by atoms with van der Waals surface area (Å²) in [6, 6.07) is 1.68. The molecule has 0 aromatic carbocycles. The maximum atomic E-state index is 10.7. The minimum Gasteiger partial charge on any atom is -0.481 e. The summed E-state index contributed by atoms with van der Waals surface area (Å²) in [6.45, 7) is 3.69. The second kappa shape index (κ2) is 5.13. The number of hydrogen-bond donors (Lipinski definition) is 1. The molecule has 0 spiro atoms. The van der Waals surface area contributed by atoms with Crippen LogP contribution in [0, 0.1) is 5.41 Å². The average molecular weight is 262 g/mol. The van der Waals surface area contributed by atoms with Crippen molar-refractivity contribution in [1.29, 1.82) is 0 Å². The summed E-state index contributed by atoms with van der Waals surface area (Å²) in [4.78, 5) is 22.8. The van der Waals surface area contributed by atoms with E-state index in [0.29, 0.717) is 23.8 Å². The van der Waals surface area contributed by atoms with E-state index >= 15 is 0 Å². The summed E-state index contributed by atoms with van der Waals surface area (Å²) in [5.41, 5.74) is 0.127. The van der Waals surface area contributed by atoms with Crippen molar-refractivity contribution in [3.05, 3.63) is 24.5 Å². The van der Waals surface area contributed by atoms with Crippen LogP contribution in [0.2, 0.25) is 0 Å². The van der Waals surface area contributed by atoms with Crippen LogP contribution in [-0.2, 0) is 11.2 Å². The molecular formula is C12H14N4O3. The van der Waals surface area contributed by atoms with Gasteiger partial charge < -0.3 is 9.63 Å². The molecule has 19 heavy (non-hydrogen) atoms. The highest BCUT2D eigenvalue weighted by Gasteiger charge is 2.25. The van der Waals surface area contributed by atoms with Crippen molar-refractivity contribution < 1.29 is 14.4 Å². The van der Waals surface area contributed by atoms with Gasteiger partial charge in [-0.1, -0.05) is 19.0 Å². The molecule has 0 aliphatic heterocycles. The van der Waals surface area contributed by atoms with Gasteiger partial charge in [0.25, 0.3) is 0 Å². The van der Waals surface area contributed by atoms with Crippen LogP contribution in [0.1, 0.15) is 26.2 Å². The number of nitrogens with zero attached hydrogens (tertiary/aromatic N) is 4. The Morgan fingerprint density at radius 1 is 1.47 bits per heavy atom. The third kappa shape index (κ3) is 3.57. The summed E-state index contributed by atoms with van der Waals surface area (Å²) >= 11 is 0. The van der Waals surface area contributed by atoms with Crippen molar-refractivity contribution in [3.8, 4) is 11.5 Å². The molecule has 0 radical (unpaired) electrons. The molecule has 0 unspecified atom stereocenters. The Morgan fingerprint density at radius 2 is 2.26 bits per heavy atom. The van der Waals surface area contributed by atoms with Crippen molar-refractivity contribution in [2.75, 3.05) is 0 Å². The second-order valence-electron chi connectivity index (χ2n) is 5.02. The summed E-state index contributed by atoms with van der Waals surface area (Å²) in [5.74, 6) is -0.0658. The van der Waals surface area contributed by atoms with Gasteiger partial charge in [0.1, 0.15) is 12.0 Å². The SMILES string of the molecule is CC(C)(CC(=O)O)Cc1nc(-c2ccncn2)no1. The van der Waals surface area contributed by atoms with E-state index in [4.69, 9.17) is 9.63 Å². The lowest BCUT2D eigenvalue weighted by Gasteiger charge is -2.19. The fourth-order valence-corrected chi connectivity index (χ4v) is 1.73. The Morgan fingerprint density at radius 3 is 2.89 bits per heavy atom. The molecule has 100 valence electrons. The highest BCUT2D eigenvalue weighted by Crippen LogP contribution is 2.26. The van der Waals surface area contributed by atoms with E-state index in [1.807, 2.05) is 13.8 Å². The molecule has 7 heteroatoms. The number of carboxylic acids is 1. The van der Waals surface area contributed by atoms with Gasteiger partial charge >= 0.3 is 5.97 Å². The summed E-state index contributed by atoms with van der Waals surface area (Å²) < 4.78 is 5.12. The van der Waals surface area contributed by atoms with Crippen LogP contribution in [0.15, 0.2) is 23.1 Å². The lowest BCUT2D eigenvalue weighted by atomic mass is 9.86. The predicted molar refractivity (Wildman–Crippen MR) is 65.1 cm³/mol. The first-order valence-electron chi connectivity index (χ1n) is 5.77. The van der Waals surface area contributed by atoms with Crippen molar-refractivity contribution >= 4 is 5.97 Å². The first kappa shape index (κ1) is 13.1. The molecule has 0 saturated carbocycles. The monoisotopic (exact) mass is 262 g/mol. The van der Waals surface area contributed by atoms with Gasteiger partial charge in [-0.25, -0.2) is 9.97 Å². The highest BCUT2D eigenvalue weighted by molar-refractivity contribution is 5.67. The lowest BCUT2D eigenvalue weighted by molar-refractivity contribution is -0.139. The van der Waals surface area contributed by atoms with Gasteiger partial charge in [0.05, 0.1) is 6.42 Å². The van der Waals surface area contributed by atoms with Crippen LogP contribution in [0.4, 0.5) is 0 Å². The first-order valence-corrected chi connectivity index (χ1v) is 5.77. The molecule has 2 aromatic rings. The van der Waals surface area contributed by atoms with Gasteiger partial charge in [-0.05, 0) is 11.5 Å². The predicted octanol–water partition coefficient (Wildman–Crippen LogP) is 1.57. The lowest BCUT2D eigenvalue weighted by Crippen LogP contribution is -2.19. The van der Waals surface area contributed by atoms with Gasteiger partial charge in [-0.2, -0.15) is 4.98 Å². The minimum atomic E-state index is -0.847. The molecule has 0 aliphatic rings. The summed E-state index contributed by atoms with van der Waals surface area (Å²) in [5, 5.41) is 12.7. The van der Waals surface area contributed by atoms with Gasteiger partial charge in [-0.15, -0.1) is 0 Å². The average Bonchev–Trinajstić information content (AvgIpc) is 2.76. The molecule has 0 bridgehead atoms. The molecule has 0 amide bonds. The molecule has 2 rings (SSSR count). The Balaban J connectivity index is 2.12. The van der Waals surface area contributed by atoms with E-state index in [2.05, 4.69) is 20.1 Å². The first-order chi connectivity index (χ1) is 8.96. The van der Waals surface area contributed by atoms with Crippen molar-refractivity contribution in [2.24, 2.45) is 5.41 Å². The number of hydrogen-bond acceptors (Lipinski definition) is 6. The number of rotatable bonds is 5. The van der Waals surface area contributed by atoms with E-state index in [1.165, 1.54) is 6.33 Å². The van der Waals surface area contributed by atoms with Gasteiger partial charge in [-0.3, -0.25) is 4.79 Å². The van der Waals surface area contributed by atoms with Gasteiger partial charge in [0, 0.05) is 12.6 Å². The van der Waals surface area contributed by atoms with Crippen LogP contribution < -0.4 is 0 Å². The molecule has 0 saturated heterocycles. The topological polar surface area (TPSA) is 102 Å². The fourth-order valence-electron chi connectivity index (χ4n) is 1.73. The largest absolute Gasteiger partial charge is 0.481 e. The zero-order valence-electron chi connectivity index (χ0n) is 10.7. The van der Waals surface area contributed by atoms with Crippen LogP contribution >= 0.6 is 0 Å². The van der Waals surface area contributed by atoms with Gasteiger partial charge in [0.2, 0.25) is 11.7 Å². The molecule has 2 heterocycles. The summed E-state index contributed by atoms with van der Waals surface area (Å²) in [7, 11) is 0. The van der Waals surface area contributed by atoms with Gasteiger partial charge in [0.15, 0.2) is 0 Å². The third-order valence-electron chi connectivity index (χ3n) is 2.54. The van der Waals surface area contributed by atoms with Crippen molar-refractivity contribution in [2.45, 2.75) is 26.7 Å². The molecule has 0 atom stereocenters. The quantitative estimate of drug-likeness (QED) is 0.872. The molecule has 0 fully saturated rings. The normalized spacial score (nSPS) is 11.5. The van der Waals surface area contributed by atoms with E-state index in [-0.39, 0.29) is 6.42 Å². The Bertz CT molecular complexity index is 565. The third-order valence-corrected chi connectivity index (χ3v) is 2.54.